The second-order valence-corrected chi connectivity index (χ2v) is 4.32. The van der Waals surface area contributed by atoms with Crippen LogP contribution < -0.4 is 0 Å². The predicted octanol–water partition coefficient (Wildman–Crippen LogP) is 3.54. The van der Waals surface area contributed by atoms with Gasteiger partial charge in [0.2, 0.25) is 0 Å². The van der Waals surface area contributed by atoms with Gasteiger partial charge >= 0.3 is 0 Å². The van der Waals surface area contributed by atoms with E-state index >= 15 is 0 Å². The minimum atomic E-state index is 0.541. The van der Waals surface area contributed by atoms with Crippen molar-refractivity contribution in [2.45, 2.75) is 58.9 Å². The standard InChI is InChI=1S/C10H21N.C2H6/c1-5-10(11(3)4)7-6-9(2)8-10;1-2/h9H,5-8H2,1-4H3;1-2H3. The number of rotatable bonds is 2. The molecule has 0 saturated heterocycles. The van der Waals surface area contributed by atoms with Crippen molar-refractivity contribution in [3.05, 3.63) is 0 Å². The molecule has 0 N–H and O–H groups in total. The van der Waals surface area contributed by atoms with Crippen molar-refractivity contribution in [1.82, 2.24) is 4.90 Å². The van der Waals surface area contributed by atoms with Crippen LogP contribution >= 0.6 is 0 Å². The molecule has 0 aromatic rings. The second-order valence-electron chi connectivity index (χ2n) is 4.32. The van der Waals surface area contributed by atoms with E-state index < -0.39 is 0 Å². The molecule has 1 nitrogen and oxygen atoms in total. The normalized spacial score (nSPS) is 33.0. The van der Waals surface area contributed by atoms with Gasteiger partial charge in [-0.25, -0.2) is 0 Å². The molecule has 0 aliphatic heterocycles. The fourth-order valence-electron chi connectivity index (χ4n) is 2.41. The first kappa shape index (κ1) is 13.0. The summed E-state index contributed by atoms with van der Waals surface area (Å²) in [6.07, 6.45) is 5.53. The smallest absolute Gasteiger partial charge is 0.0203 e. The molecule has 2 atom stereocenters. The van der Waals surface area contributed by atoms with Crippen molar-refractivity contribution in [2.75, 3.05) is 14.1 Å². The van der Waals surface area contributed by atoms with E-state index in [2.05, 4.69) is 32.8 Å². The summed E-state index contributed by atoms with van der Waals surface area (Å²) in [4.78, 5) is 2.43. The first-order chi connectivity index (χ1) is 6.10. The first-order valence-corrected chi connectivity index (χ1v) is 5.78. The van der Waals surface area contributed by atoms with E-state index in [4.69, 9.17) is 0 Å². The Labute approximate surface area is 84.5 Å². The molecule has 0 spiro atoms. The van der Waals surface area contributed by atoms with Crippen LogP contribution in [0.3, 0.4) is 0 Å². The van der Waals surface area contributed by atoms with Crippen molar-refractivity contribution in [2.24, 2.45) is 5.92 Å². The van der Waals surface area contributed by atoms with Crippen LogP contribution in [-0.2, 0) is 0 Å². The molecule has 0 bridgehead atoms. The highest BCUT2D eigenvalue weighted by molar-refractivity contribution is 4.93. The Hall–Kier alpha value is -0.0400. The minimum absolute atomic E-state index is 0.541. The van der Waals surface area contributed by atoms with Crippen LogP contribution in [0.15, 0.2) is 0 Å². The van der Waals surface area contributed by atoms with Crippen molar-refractivity contribution in [3.63, 3.8) is 0 Å². The van der Waals surface area contributed by atoms with Gasteiger partial charge in [-0.1, -0.05) is 27.7 Å². The molecular weight excluding hydrogens is 158 g/mol. The number of hydrogen-bond donors (Lipinski definition) is 0. The Morgan fingerprint density at radius 1 is 1.31 bits per heavy atom. The fourth-order valence-corrected chi connectivity index (χ4v) is 2.41. The lowest BCUT2D eigenvalue weighted by atomic mass is 9.92. The van der Waals surface area contributed by atoms with Gasteiger partial charge in [0.25, 0.3) is 0 Å². The van der Waals surface area contributed by atoms with Crippen molar-refractivity contribution in [1.29, 1.82) is 0 Å². The summed E-state index contributed by atoms with van der Waals surface area (Å²) in [5.74, 6) is 0.942. The van der Waals surface area contributed by atoms with Crippen molar-refractivity contribution in [3.8, 4) is 0 Å². The average molecular weight is 185 g/mol. The molecule has 13 heavy (non-hydrogen) atoms. The van der Waals surface area contributed by atoms with Gasteiger partial charge in [-0.15, -0.1) is 0 Å². The molecule has 1 fully saturated rings. The van der Waals surface area contributed by atoms with Crippen molar-refractivity contribution >= 4 is 0 Å². The van der Waals surface area contributed by atoms with Gasteiger partial charge in [0.05, 0.1) is 0 Å². The Morgan fingerprint density at radius 3 is 2.00 bits per heavy atom. The molecule has 0 heterocycles. The van der Waals surface area contributed by atoms with E-state index in [9.17, 15) is 0 Å². The molecule has 1 saturated carbocycles. The van der Waals surface area contributed by atoms with Crippen LogP contribution in [0.2, 0.25) is 0 Å². The van der Waals surface area contributed by atoms with Gasteiger partial charge in [-0.2, -0.15) is 0 Å². The SMILES string of the molecule is CC.CCC1(N(C)C)CCC(C)C1. The summed E-state index contributed by atoms with van der Waals surface area (Å²) in [6, 6.07) is 0. The quantitative estimate of drug-likeness (QED) is 0.636. The van der Waals surface area contributed by atoms with Crippen molar-refractivity contribution < 1.29 is 0 Å². The summed E-state index contributed by atoms with van der Waals surface area (Å²) in [7, 11) is 4.45. The molecule has 1 aliphatic carbocycles. The van der Waals surface area contributed by atoms with Crippen LogP contribution in [0.1, 0.15) is 53.4 Å². The Morgan fingerprint density at radius 2 is 1.85 bits per heavy atom. The van der Waals surface area contributed by atoms with Crippen LogP contribution in [0.5, 0.6) is 0 Å². The molecule has 0 radical (unpaired) electrons. The number of nitrogens with zero attached hydrogens (tertiary/aromatic N) is 1. The lowest BCUT2D eigenvalue weighted by Crippen LogP contribution is -2.41. The Bertz CT molecular complexity index is 131. The molecule has 0 amide bonds. The Balaban J connectivity index is 0.000000671. The molecule has 1 rings (SSSR count). The highest BCUT2D eigenvalue weighted by Crippen LogP contribution is 2.39. The zero-order chi connectivity index (χ0) is 10.5. The van der Waals surface area contributed by atoms with E-state index in [-0.39, 0.29) is 0 Å². The molecule has 0 aromatic carbocycles. The maximum atomic E-state index is 2.43. The Kier molecular flexibility index (Phi) is 5.62. The summed E-state index contributed by atoms with van der Waals surface area (Å²) in [5, 5.41) is 0. The summed E-state index contributed by atoms with van der Waals surface area (Å²) < 4.78 is 0. The zero-order valence-corrected chi connectivity index (χ0v) is 10.4. The van der Waals surface area contributed by atoms with E-state index in [0.717, 1.165) is 5.92 Å². The van der Waals surface area contributed by atoms with Gasteiger partial charge in [0.15, 0.2) is 0 Å². The van der Waals surface area contributed by atoms with Crippen LogP contribution in [0.25, 0.3) is 0 Å². The van der Waals surface area contributed by atoms with Gasteiger partial charge in [-0.05, 0) is 45.7 Å². The lowest BCUT2D eigenvalue weighted by Gasteiger charge is -2.35. The highest BCUT2D eigenvalue weighted by Gasteiger charge is 2.37. The van der Waals surface area contributed by atoms with Gasteiger partial charge in [0, 0.05) is 5.54 Å². The monoisotopic (exact) mass is 185 g/mol. The fraction of sp³-hybridized carbons (Fsp3) is 1.00. The van der Waals surface area contributed by atoms with E-state index in [1.165, 1.54) is 25.7 Å². The average Bonchev–Trinajstić information content (AvgIpc) is 2.52. The third kappa shape index (κ3) is 2.98. The largest absolute Gasteiger partial charge is 0.304 e. The first-order valence-electron chi connectivity index (χ1n) is 5.78. The van der Waals surface area contributed by atoms with Crippen LogP contribution in [-0.4, -0.2) is 24.5 Å². The lowest BCUT2D eigenvalue weighted by molar-refractivity contribution is 0.147. The second kappa shape index (κ2) is 5.64. The molecule has 2 unspecified atom stereocenters. The maximum absolute atomic E-state index is 2.43. The third-order valence-corrected chi connectivity index (χ3v) is 3.44. The third-order valence-electron chi connectivity index (χ3n) is 3.44. The predicted molar refractivity (Wildman–Crippen MR) is 61.1 cm³/mol. The molecule has 0 aromatic heterocycles. The maximum Gasteiger partial charge on any atom is 0.0203 e. The van der Waals surface area contributed by atoms with Crippen LogP contribution in [0, 0.1) is 5.92 Å². The summed E-state index contributed by atoms with van der Waals surface area (Å²) >= 11 is 0. The van der Waals surface area contributed by atoms with E-state index in [1.54, 1.807) is 0 Å². The van der Waals surface area contributed by atoms with E-state index in [0.29, 0.717) is 5.54 Å². The summed E-state index contributed by atoms with van der Waals surface area (Å²) in [5.41, 5.74) is 0.541. The highest BCUT2D eigenvalue weighted by atomic mass is 15.1. The topological polar surface area (TPSA) is 3.24 Å². The molecule has 1 heteroatoms. The number of hydrogen-bond acceptors (Lipinski definition) is 1. The zero-order valence-electron chi connectivity index (χ0n) is 10.4. The van der Waals surface area contributed by atoms with Gasteiger partial charge in [-0.3, -0.25) is 0 Å². The van der Waals surface area contributed by atoms with Crippen LogP contribution in [0.4, 0.5) is 0 Å². The molecule has 80 valence electrons. The molecular formula is C12H27N. The molecule has 1 aliphatic rings. The minimum Gasteiger partial charge on any atom is -0.304 e. The van der Waals surface area contributed by atoms with Gasteiger partial charge in [0.1, 0.15) is 0 Å². The summed E-state index contributed by atoms with van der Waals surface area (Å²) in [6.45, 7) is 8.69. The van der Waals surface area contributed by atoms with E-state index in [1.807, 2.05) is 13.8 Å². The van der Waals surface area contributed by atoms with Gasteiger partial charge < -0.3 is 4.90 Å².